The smallest absolute Gasteiger partial charge is 0.269 e. The maximum atomic E-state index is 13.7. The zero-order valence-electron chi connectivity index (χ0n) is 17.1. The summed E-state index contributed by atoms with van der Waals surface area (Å²) in [5.41, 5.74) is 0.942. The van der Waals surface area contributed by atoms with E-state index in [0.29, 0.717) is 11.3 Å². The molecule has 32 heavy (non-hydrogen) atoms. The molecule has 0 saturated carbocycles. The summed E-state index contributed by atoms with van der Waals surface area (Å²) in [6.45, 7) is 1.38. The Morgan fingerprint density at radius 3 is 2.44 bits per heavy atom. The van der Waals surface area contributed by atoms with Gasteiger partial charge in [-0.3, -0.25) is 4.79 Å². The number of benzene rings is 3. The average Bonchev–Trinajstić information content (AvgIpc) is 2.96. The van der Waals surface area contributed by atoms with Crippen LogP contribution in [0.1, 0.15) is 27.0 Å². The summed E-state index contributed by atoms with van der Waals surface area (Å²) in [6.07, 6.45) is 0. The minimum Gasteiger partial charge on any atom is -0.497 e. The maximum absolute atomic E-state index is 13.7. The third-order valence-electron chi connectivity index (χ3n) is 5.07. The molecule has 0 spiro atoms. The Hall–Kier alpha value is -3.90. The SMILES string of the molecule is COc1ccc(CN2C(=O)c3ccc(Oc4cc(F)cc(C#N)c4)c(C)c3S2(=O)=O)cc1. The van der Waals surface area contributed by atoms with Gasteiger partial charge in [0.25, 0.3) is 15.9 Å². The van der Waals surface area contributed by atoms with Crippen LogP contribution in [0.25, 0.3) is 0 Å². The van der Waals surface area contributed by atoms with Gasteiger partial charge in [0, 0.05) is 11.6 Å². The van der Waals surface area contributed by atoms with Gasteiger partial charge in [-0.25, -0.2) is 17.1 Å². The van der Waals surface area contributed by atoms with E-state index in [4.69, 9.17) is 14.7 Å². The number of sulfonamides is 1. The molecule has 1 aliphatic rings. The van der Waals surface area contributed by atoms with E-state index >= 15 is 0 Å². The Balaban J connectivity index is 1.69. The summed E-state index contributed by atoms with van der Waals surface area (Å²) >= 11 is 0. The highest BCUT2D eigenvalue weighted by molar-refractivity contribution is 7.90. The molecule has 0 aromatic heterocycles. The van der Waals surface area contributed by atoms with Crippen molar-refractivity contribution in [1.29, 1.82) is 5.26 Å². The van der Waals surface area contributed by atoms with Crippen LogP contribution in [-0.4, -0.2) is 25.7 Å². The highest BCUT2D eigenvalue weighted by Crippen LogP contribution is 2.39. The number of carbonyl (C=O) groups is 1. The number of hydrogen-bond acceptors (Lipinski definition) is 6. The van der Waals surface area contributed by atoms with Crippen LogP contribution in [0.5, 0.6) is 17.2 Å². The van der Waals surface area contributed by atoms with Crippen LogP contribution >= 0.6 is 0 Å². The number of halogens is 1. The molecule has 0 aliphatic carbocycles. The predicted molar refractivity (Wildman–Crippen MR) is 112 cm³/mol. The molecule has 1 heterocycles. The third kappa shape index (κ3) is 3.65. The van der Waals surface area contributed by atoms with Crippen molar-refractivity contribution in [1.82, 2.24) is 4.31 Å². The molecule has 3 aromatic carbocycles. The number of carbonyl (C=O) groups excluding carboxylic acids is 1. The Labute approximate surface area is 184 Å². The fourth-order valence-corrected chi connectivity index (χ4v) is 5.28. The number of methoxy groups -OCH3 is 1. The molecule has 162 valence electrons. The zero-order chi connectivity index (χ0) is 23.0. The van der Waals surface area contributed by atoms with E-state index in [0.717, 1.165) is 16.4 Å². The van der Waals surface area contributed by atoms with Crippen LogP contribution in [0.2, 0.25) is 0 Å². The van der Waals surface area contributed by atoms with Gasteiger partial charge >= 0.3 is 0 Å². The van der Waals surface area contributed by atoms with Gasteiger partial charge < -0.3 is 9.47 Å². The maximum Gasteiger partial charge on any atom is 0.269 e. The zero-order valence-corrected chi connectivity index (χ0v) is 17.9. The summed E-state index contributed by atoms with van der Waals surface area (Å²) in [4.78, 5) is 12.7. The molecule has 0 atom stereocenters. The van der Waals surface area contributed by atoms with Crippen molar-refractivity contribution in [2.75, 3.05) is 7.11 Å². The van der Waals surface area contributed by atoms with Crippen LogP contribution in [0.3, 0.4) is 0 Å². The quantitative estimate of drug-likeness (QED) is 0.577. The average molecular weight is 452 g/mol. The summed E-state index contributed by atoms with van der Waals surface area (Å²) in [6, 6.07) is 14.9. The summed E-state index contributed by atoms with van der Waals surface area (Å²) in [7, 11) is -2.61. The second-order valence-corrected chi connectivity index (χ2v) is 8.92. The second-order valence-electron chi connectivity index (χ2n) is 7.12. The minimum atomic E-state index is -4.13. The fourth-order valence-electron chi connectivity index (χ4n) is 3.51. The Bertz CT molecular complexity index is 1380. The molecule has 0 saturated heterocycles. The van der Waals surface area contributed by atoms with E-state index in [1.807, 2.05) is 6.07 Å². The van der Waals surface area contributed by atoms with E-state index in [1.165, 1.54) is 32.2 Å². The number of hydrogen-bond donors (Lipinski definition) is 0. The van der Waals surface area contributed by atoms with E-state index in [-0.39, 0.29) is 39.6 Å². The Kier molecular flexibility index (Phi) is 5.32. The standard InChI is InChI=1S/C23H17FN2O5S/c1-14-21(31-19-10-16(12-25)9-17(24)11-19)8-7-20-22(14)32(28,29)26(23(20)27)13-15-3-5-18(30-2)6-4-15/h3-11H,13H2,1-2H3. The van der Waals surface area contributed by atoms with Gasteiger partial charge in [-0.05, 0) is 48.9 Å². The van der Waals surface area contributed by atoms with Crippen LogP contribution in [0.4, 0.5) is 4.39 Å². The fraction of sp³-hybridized carbons (Fsp3) is 0.130. The van der Waals surface area contributed by atoms with Crippen molar-refractivity contribution in [2.24, 2.45) is 0 Å². The molecule has 3 aromatic rings. The number of amides is 1. The van der Waals surface area contributed by atoms with Crippen molar-refractivity contribution in [3.8, 4) is 23.3 Å². The Morgan fingerprint density at radius 2 is 1.78 bits per heavy atom. The number of rotatable bonds is 5. The number of nitriles is 1. The summed E-state index contributed by atoms with van der Waals surface area (Å²) in [5, 5.41) is 9.01. The van der Waals surface area contributed by atoms with Gasteiger partial charge in [-0.15, -0.1) is 0 Å². The topological polar surface area (TPSA) is 96.7 Å². The largest absolute Gasteiger partial charge is 0.497 e. The van der Waals surface area contributed by atoms with Gasteiger partial charge in [0.05, 0.1) is 30.9 Å². The predicted octanol–water partition coefficient (Wildman–Crippen LogP) is 4.15. The molecular weight excluding hydrogens is 435 g/mol. The Morgan fingerprint density at radius 1 is 1.06 bits per heavy atom. The first-order valence-electron chi connectivity index (χ1n) is 9.46. The van der Waals surface area contributed by atoms with E-state index < -0.39 is 21.7 Å². The molecule has 1 aliphatic heterocycles. The molecule has 0 unspecified atom stereocenters. The van der Waals surface area contributed by atoms with Crippen LogP contribution in [0, 0.1) is 24.1 Å². The van der Waals surface area contributed by atoms with Crippen LogP contribution < -0.4 is 9.47 Å². The van der Waals surface area contributed by atoms with Crippen molar-refractivity contribution in [2.45, 2.75) is 18.4 Å². The van der Waals surface area contributed by atoms with E-state index in [9.17, 15) is 17.6 Å². The minimum absolute atomic E-state index is 0.0420. The molecule has 9 heteroatoms. The first-order chi connectivity index (χ1) is 15.2. The molecule has 7 nitrogen and oxygen atoms in total. The van der Waals surface area contributed by atoms with Gasteiger partial charge in [-0.2, -0.15) is 5.26 Å². The monoisotopic (exact) mass is 452 g/mol. The third-order valence-corrected chi connectivity index (χ3v) is 6.99. The lowest BCUT2D eigenvalue weighted by Gasteiger charge is -2.16. The lowest BCUT2D eigenvalue weighted by Crippen LogP contribution is -2.29. The van der Waals surface area contributed by atoms with Gasteiger partial charge in [-0.1, -0.05) is 12.1 Å². The molecule has 4 rings (SSSR count). The second kappa shape index (κ2) is 7.98. The van der Waals surface area contributed by atoms with Crippen molar-refractivity contribution >= 4 is 15.9 Å². The number of fused-ring (bicyclic) bond motifs is 1. The number of ether oxygens (including phenoxy) is 2. The number of nitrogens with zero attached hydrogens (tertiary/aromatic N) is 2. The van der Waals surface area contributed by atoms with Gasteiger partial charge in [0.2, 0.25) is 0 Å². The van der Waals surface area contributed by atoms with Gasteiger partial charge in [0.1, 0.15) is 28.0 Å². The van der Waals surface area contributed by atoms with Crippen molar-refractivity contribution in [3.63, 3.8) is 0 Å². The molecule has 0 radical (unpaired) electrons. The van der Waals surface area contributed by atoms with Gasteiger partial charge in [0.15, 0.2) is 0 Å². The first-order valence-corrected chi connectivity index (χ1v) is 10.9. The van der Waals surface area contributed by atoms with Crippen molar-refractivity contribution < 1.29 is 27.1 Å². The highest BCUT2D eigenvalue weighted by Gasteiger charge is 2.43. The molecule has 0 fully saturated rings. The van der Waals surface area contributed by atoms with Crippen LogP contribution in [0.15, 0.2) is 59.5 Å². The lowest BCUT2D eigenvalue weighted by molar-refractivity contribution is 0.0865. The van der Waals surface area contributed by atoms with E-state index in [2.05, 4.69) is 0 Å². The summed E-state index contributed by atoms with van der Waals surface area (Å²) in [5.74, 6) is -0.501. The normalized spacial score (nSPS) is 14.1. The molecular formula is C23H17FN2O5S. The summed E-state index contributed by atoms with van der Waals surface area (Å²) < 4.78 is 51.8. The lowest BCUT2D eigenvalue weighted by atomic mass is 10.1. The first kappa shape index (κ1) is 21.3. The molecule has 0 N–H and O–H groups in total. The van der Waals surface area contributed by atoms with Crippen LogP contribution in [-0.2, 0) is 16.6 Å². The molecule has 0 bridgehead atoms. The molecule has 1 amide bonds. The van der Waals surface area contributed by atoms with E-state index in [1.54, 1.807) is 24.3 Å². The van der Waals surface area contributed by atoms with Crippen molar-refractivity contribution in [3.05, 3.63) is 82.7 Å². The highest BCUT2D eigenvalue weighted by atomic mass is 32.2.